The maximum atomic E-state index is 5.87. The largest absolute Gasteiger partial charge is 0.372 e. The van der Waals surface area contributed by atoms with Gasteiger partial charge in [0.15, 0.2) is 0 Å². The molecule has 2 rings (SSSR count). The monoisotopic (exact) mass is 194 g/mol. The van der Waals surface area contributed by atoms with Gasteiger partial charge in [-0.3, -0.25) is 4.99 Å². The highest BCUT2D eigenvalue weighted by Gasteiger charge is 2.05. The Kier molecular flexibility index (Phi) is 2.50. The molecule has 0 atom stereocenters. The second-order valence-electron chi connectivity index (χ2n) is 3.06. The molecule has 1 N–H and O–H groups in total. The molecule has 0 bridgehead atoms. The van der Waals surface area contributed by atoms with Crippen LogP contribution in [0.4, 0.5) is 0 Å². The van der Waals surface area contributed by atoms with Gasteiger partial charge in [-0.1, -0.05) is 23.7 Å². The van der Waals surface area contributed by atoms with E-state index in [0.29, 0.717) is 0 Å². The minimum Gasteiger partial charge on any atom is -0.372 e. The van der Waals surface area contributed by atoms with Crippen molar-refractivity contribution in [2.24, 2.45) is 4.99 Å². The predicted octanol–water partition coefficient (Wildman–Crippen LogP) is 1.88. The lowest BCUT2D eigenvalue weighted by molar-refractivity contribution is 0.953. The maximum Gasteiger partial charge on any atom is 0.101 e. The average molecular weight is 195 g/mol. The van der Waals surface area contributed by atoms with Crippen LogP contribution in [0.15, 0.2) is 29.3 Å². The zero-order valence-electron chi connectivity index (χ0n) is 7.26. The summed E-state index contributed by atoms with van der Waals surface area (Å²) in [5.74, 6) is 1.07. The van der Waals surface area contributed by atoms with E-state index < -0.39 is 0 Å². The molecule has 0 amide bonds. The van der Waals surface area contributed by atoms with Crippen molar-refractivity contribution in [2.75, 3.05) is 13.1 Å². The summed E-state index contributed by atoms with van der Waals surface area (Å²) in [6.07, 6.45) is 0.862. The summed E-state index contributed by atoms with van der Waals surface area (Å²) in [5, 5.41) is 4.02. The quantitative estimate of drug-likeness (QED) is 0.764. The molecular weight excluding hydrogens is 184 g/mol. The molecule has 0 saturated heterocycles. The number of aliphatic imine (C=N–C) groups is 1. The molecule has 0 fully saturated rings. The summed E-state index contributed by atoms with van der Waals surface area (Å²) in [7, 11) is 0. The number of halogens is 1. The third-order valence-electron chi connectivity index (χ3n) is 2.00. The topological polar surface area (TPSA) is 24.4 Å². The number of benzene rings is 1. The molecule has 13 heavy (non-hydrogen) atoms. The van der Waals surface area contributed by atoms with Gasteiger partial charge in [0.25, 0.3) is 0 Å². The van der Waals surface area contributed by atoms with Crippen LogP contribution in [-0.4, -0.2) is 18.9 Å². The molecule has 1 aliphatic heterocycles. The van der Waals surface area contributed by atoms with Crippen LogP contribution in [0.5, 0.6) is 0 Å². The highest BCUT2D eigenvalue weighted by atomic mass is 35.5. The van der Waals surface area contributed by atoms with Gasteiger partial charge in [-0.05, 0) is 17.7 Å². The third kappa shape index (κ3) is 2.22. The zero-order chi connectivity index (χ0) is 9.10. The summed E-state index contributed by atoms with van der Waals surface area (Å²) in [4.78, 5) is 4.32. The van der Waals surface area contributed by atoms with Crippen LogP contribution in [0.2, 0.25) is 5.02 Å². The van der Waals surface area contributed by atoms with Crippen LogP contribution in [-0.2, 0) is 6.42 Å². The normalized spacial score (nSPS) is 15.3. The molecule has 1 aliphatic rings. The fraction of sp³-hybridized carbons (Fsp3) is 0.300. The first kappa shape index (κ1) is 8.57. The predicted molar refractivity (Wildman–Crippen MR) is 55.5 cm³/mol. The van der Waals surface area contributed by atoms with Crippen molar-refractivity contribution in [1.29, 1.82) is 0 Å². The van der Waals surface area contributed by atoms with E-state index in [9.17, 15) is 0 Å². The second kappa shape index (κ2) is 3.79. The summed E-state index contributed by atoms with van der Waals surface area (Å²) >= 11 is 5.87. The Balaban J connectivity index is 2.09. The number of rotatable bonds is 2. The van der Waals surface area contributed by atoms with Crippen LogP contribution in [0, 0.1) is 0 Å². The van der Waals surface area contributed by atoms with E-state index in [-0.39, 0.29) is 0 Å². The number of nitrogens with zero attached hydrogens (tertiary/aromatic N) is 1. The number of nitrogens with one attached hydrogen (secondary N) is 1. The highest BCUT2D eigenvalue weighted by Crippen LogP contribution is 2.11. The van der Waals surface area contributed by atoms with Gasteiger partial charge in [-0.15, -0.1) is 0 Å². The molecule has 0 aliphatic carbocycles. The van der Waals surface area contributed by atoms with E-state index in [2.05, 4.69) is 16.4 Å². The Bertz CT molecular complexity index is 333. The Morgan fingerprint density at radius 2 is 2.38 bits per heavy atom. The highest BCUT2D eigenvalue weighted by molar-refractivity contribution is 6.30. The van der Waals surface area contributed by atoms with E-state index in [0.717, 1.165) is 30.4 Å². The molecule has 0 radical (unpaired) electrons. The van der Waals surface area contributed by atoms with E-state index in [1.807, 2.05) is 18.2 Å². The van der Waals surface area contributed by atoms with Gasteiger partial charge >= 0.3 is 0 Å². The fourth-order valence-electron chi connectivity index (χ4n) is 1.41. The van der Waals surface area contributed by atoms with Crippen LogP contribution in [0.3, 0.4) is 0 Å². The maximum absolute atomic E-state index is 5.87. The first-order chi connectivity index (χ1) is 6.34. The van der Waals surface area contributed by atoms with Crippen LogP contribution < -0.4 is 5.32 Å². The minimum absolute atomic E-state index is 0.788. The van der Waals surface area contributed by atoms with E-state index >= 15 is 0 Å². The molecule has 2 nitrogen and oxygen atoms in total. The smallest absolute Gasteiger partial charge is 0.101 e. The molecule has 0 aromatic heterocycles. The summed E-state index contributed by atoms with van der Waals surface area (Å²) in [5.41, 5.74) is 1.21. The molecule has 0 unspecified atom stereocenters. The minimum atomic E-state index is 0.788. The first-order valence-electron chi connectivity index (χ1n) is 4.36. The van der Waals surface area contributed by atoms with Crippen molar-refractivity contribution in [3.63, 3.8) is 0 Å². The van der Waals surface area contributed by atoms with Gasteiger partial charge in [-0.25, -0.2) is 0 Å². The second-order valence-corrected chi connectivity index (χ2v) is 3.50. The lowest BCUT2D eigenvalue weighted by Crippen LogP contribution is -2.20. The Morgan fingerprint density at radius 3 is 3.08 bits per heavy atom. The summed E-state index contributed by atoms with van der Waals surface area (Å²) < 4.78 is 0. The average Bonchev–Trinajstić information content (AvgIpc) is 2.57. The van der Waals surface area contributed by atoms with Gasteiger partial charge in [0, 0.05) is 18.0 Å². The van der Waals surface area contributed by atoms with Crippen LogP contribution in [0.1, 0.15) is 5.56 Å². The lowest BCUT2D eigenvalue weighted by Gasteiger charge is -2.02. The molecule has 3 heteroatoms. The van der Waals surface area contributed by atoms with Crippen LogP contribution >= 0.6 is 11.6 Å². The molecular formula is C10H11ClN2. The van der Waals surface area contributed by atoms with Gasteiger partial charge in [0.1, 0.15) is 5.84 Å². The zero-order valence-corrected chi connectivity index (χ0v) is 8.01. The lowest BCUT2D eigenvalue weighted by atomic mass is 10.1. The van der Waals surface area contributed by atoms with E-state index in [4.69, 9.17) is 11.6 Å². The van der Waals surface area contributed by atoms with Crippen molar-refractivity contribution < 1.29 is 0 Å². The number of hydrogen-bond acceptors (Lipinski definition) is 2. The fourth-order valence-corrected chi connectivity index (χ4v) is 1.62. The Hall–Kier alpha value is -1.02. The van der Waals surface area contributed by atoms with Crippen molar-refractivity contribution >= 4 is 17.4 Å². The molecule has 1 aromatic carbocycles. The molecule has 1 heterocycles. The third-order valence-corrected chi connectivity index (χ3v) is 2.24. The van der Waals surface area contributed by atoms with Crippen molar-refractivity contribution in [3.8, 4) is 0 Å². The van der Waals surface area contributed by atoms with Gasteiger partial charge < -0.3 is 5.32 Å². The van der Waals surface area contributed by atoms with E-state index in [1.165, 1.54) is 5.56 Å². The van der Waals surface area contributed by atoms with Crippen molar-refractivity contribution in [3.05, 3.63) is 34.9 Å². The number of hydrogen-bond donors (Lipinski definition) is 1. The molecule has 0 spiro atoms. The molecule has 1 aromatic rings. The standard InChI is InChI=1S/C10H11ClN2/c11-9-3-1-2-8(6-9)7-10-12-4-5-13-10/h1-3,6H,4-5,7H2,(H,12,13). The van der Waals surface area contributed by atoms with Gasteiger partial charge in [0.05, 0.1) is 6.54 Å². The van der Waals surface area contributed by atoms with Gasteiger partial charge in [-0.2, -0.15) is 0 Å². The summed E-state index contributed by atoms with van der Waals surface area (Å²) in [6, 6.07) is 7.89. The van der Waals surface area contributed by atoms with Crippen molar-refractivity contribution in [1.82, 2.24) is 5.32 Å². The SMILES string of the molecule is Clc1cccc(CC2=NCCN2)c1. The number of amidine groups is 1. The molecule has 68 valence electrons. The summed E-state index contributed by atoms with van der Waals surface area (Å²) in [6.45, 7) is 1.87. The molecule has 0 saturated carbocycles. The van der Waals surface area contributed by atoms with E-state index in [1.54, 1.807) is 0 Å². The van der Waals surface area contributed by atoms with Gasteiger partial charge in [0.2, 0.25) is 0 Å². The first-order valence-corrected chi connectivity index (χ1v) is 4.74. The van der Waals surface area contributed by atoms with Crippen molar-refractivity contribution in [2.45, 2.75) is 6.42 Å². The Morgan fingerprint density at radius 1 is 1.46 bits per heavy atom. The Labute approximate surface area is 82.6 Å². The van der Waals surface area contributed by atoms with Crippen LogP contribution in [0.25, 0.3) is 0 Å².